The van der Waals surface area contributed by atoms with Crippen molar-refractivity contribution < 1.29 is 0 Å². The van der Waals surface area contributed by atoms with Crippen LogP contribution < -0.4 is 16.6 Å². The molecule has 54 valence electrons. The zero-order valence-electron chi connectivity index (χ0n) is 5.84. The Hall–Kier alpha value is -0.240. The van der Waals surface area contributed by atoms with E-state index in [0.717, 1.165) is 0 Å². The molecule has 0 aromatic carbocycles. The highest BCUT2D eigenvalue weighted by atomic mass is 16.1. The predicted molar refractivity (Wildman–Crippen MR) is 32.7 cm³/mol. The summed E-state index contributed by atoms with van der Waals surface area (Å²) in [5, 5.41) is 5.43. The van der Waals surface area contributed by atoms with Gasteiger partial charge in [0.25, 0.3) is 0 Å². The molecule has 1 saturated heterocycles. The maximum atomic E-state index is 2.82. The molecule has 0 aromatic heterocycles. The number of nitrogens with zero attached hydrogens (tertiary/aromatic N) is 3. The van der Waals surface area contributed by atoms with Gasteiger partial charge in [0, 0.05) is 21.1 Å². The van der Waals surface area contributed by atoms with Crippen molar-refractivity contribution in [3.05, 3.63) is 0 Å². The van der Waals surface area contributed by atoms with Gasteiger partial charge < -0.3 is 0 Å². The number of rotatable bonds is 0. The summed E-state index contributed by atoms with van der Waals surface area (Å²) in [7, 11) is 5.70. The fraction of sp³-hybridized carbons (Fsp3) is 1.00. The molecule has 1 rings (SSSR count). The summed E-state index contributed by atoms with van der Waals surface area (Å²) in [5.41, 5.74) is 8.36. The maximum Gasteiger partial charge on any atom is 0.0207 e. The van der Waals surface area contributed by atoms with Crippen molar-refractivity contribution in [1.82, 2.24) is 32.0 Å². The molecule has 0 saturated carbocycles. The minimum absolute atomic E-state index is 1.79. The molecule has 1 aliphatic heterocycles. The second-order valence-corrected chi connectivity index (χ2v) is 1.89. The van der Waals surface area contributed by atoms with E-state index in [0.29, 0.717) is 0 Å². The highest BCUT2D eigenvalue weighted by molar-refractivity contribution is 4.35. The smallest absolute Gasteiger partial charge is 0.0207 e. The van der Waals surface area contributed by atoms with Crippen molar-refractivity contribution in [1.29, 1.82) is 0 Å². The molecular weight excluding hydrogens is 120 g/mol. The van der Waals surface area contributed by atoms with Crippen LogP contribution in [0.2, 0.25) is 0 Å². The molecule has 0 amide bonds. The van der Waals surface area contributed by atoms with Crippen LogP contribution in [0.5, 0.6) is 0 Å². The van der Waals surface area contributed by atoms with Gasteiger partial charge in [-0.15, -0.1) is 5.12 Å². The van der Waals surface area contributed by atoms with Crippen LogP contribution in [0.15, 0.2) is 0 Å². The topological polar surface area (TPSA) is 45.8 Å². The molecule has 0 spiro atoms. The molecule has 0 aromatic rings. The van der Waals surface area contributed by atoms with Gasteiger partial charge in [-0.3, -0.25) is 0 Å². The van der Waals surface area contributed by atoms with Gasteiger partial charge in [-0.05, 0) is 0 Å². The molecule has 0 aliphatic carbocycles. The third-order valence-electron chi connectivity index (χ3n) is 1.30. The molecular formula is C3H12N6. The molecule has 1 heterocycles. The molecule has 3 N–H and O–H groups in total. The summed E-state index contributed by atoms with van der Waals surface area (Å²) in [6, 6.07) is 0. The number of hydrogen-bond donors (Lipinski definition) is 3. The number of hydrazine groups is 6. The predicted octanol–water partition coefficient (Wildman–Crippen LogP) is -1.95. The molecule has 0 bridgehead atoms. The SMILES string of the molecule is CN1NNNN(C)N1C. The molecule has 1 aliphatic rings. The Bertz CT molecular complexity index is 84.3. The Kier molecular flexibility index (Phi) is 1.96. The average molecular weight is 132 g/mol. The van der Waals surface area contributed by atoms with Gasteiger partial charge in [-0.1, -0.05) is 0 Å². The minimum Gasteiger partial charge on any atom is -0.164 e. The monoisotopic (exact) mass is 132 g/mol. The van der Waals surface area contributed by atoms with Crippen molar-refractivity contribution in [2.75, 3.05) is 21.1 Å². The Labute approximate surface area is 54.2 Å². The second kappa shape index (κ2) is 2.56. The Morgan fingerprint density at radius 3 is 1.67 bits per heavy atom. The lowest BCUT2D eigenvalue weighted by molar-refractivity contribution is -0.253. The molecule has 0 atom stereocenters. The van der Waals surface area contributed by atoms with Gasteiger partial charge in [0.2, 0.25) is 0 Å². The number of hydrogen-bond acceptors (Lipinski definition) is 6. The standard InChI is InChI=1S/C3H12N6/c1-7-5-4-6-8(2)9(7)3/h4-6H,1-3H3. The van der Waals surface area contributed by atoms with E-state index in [1.165, 1.54) is 0 Å². The molecule has 0 unspecified atom stereocenters. The Balaban J connectivity index is 2.41. The third kappa shape index (κ3) is 1.36. The summed E-state index contributed by atoms with van der Waals surface area (Å²) in [6.45, 7) is 0. The van der Waals surface area contributed by atoms with Crippen LogP contribution >= 0.6 is 0 Å². The van der Waals surface area contributed by atoms with E-state index in [-0.39, 0.29) is 0 Å². The molecule has 9 heavy (non-hydrogen) atoms. The average Bonchev–Trinajstić information content (AvgIpc) is 1.83. The first kappa shape index (κ1) is 6.87. The fourth-order valence-corrected chi connectivity index (χ4v) is 0.533. The van der Waals surface area contributed by atoms with Crippen LogP contribution in [-0.4, -0.2) is 36.5 Å². The van der Waals surface area contributed by atoms with E-state index < -0.39 is 0 Å². The van der Waals surface area contributed by atoms with Crippen LogP contribution in [0.3, 0.4) is 0 Å². The lowest BCUT2D eigenvalue weighted by Gasteiger charge is -2.40. The van der Waals surface area contributed by atoms with E-state index in [1.807, 2.05) is 26.3 Å². The van der Waals surface area contributed by atoms with Crippen molar-refractivity contribution in [2.24, 2.45) is 0 Å². The van der Waals surface area contributed by atoms with E-state index in [1.54, 1.807) is 10.2 Å². The minimum atomic E-state index is 1.79. The van der Waals surface area contributed by atoms with Gasteiger partial charge in [0.1, 0.15) is 0 Å². The quantitative estimate of drug-likeness (QED) is 0.356. The number of nitrogens with one attached hydrogen (secondary N) is 3. The first-order valence-electron chi connectivity index (χ1n) is 2.69. The summed E-state index contributed by atoms with van der Waals surface area (Å²) < 4.78 is 0. The first-order valence-corrected chi connectivity index (χ1v) is 2.69. The lowest BCUT2D eigenvalue weighted by atomic mass is 11.2. The van der Waals surface area contributed by atoms with Crippen LogP contribution in [0.25, 0.3) is 0 Å². The summed E-state index contributed by atoms with van der Waals surface area (Å²) >= 11 is 0. The summed E-state index contributed by atoms with van der Waals surface area (Å²) in [5.74, 6) is 0. The lowest BCUT2D eigenvalue weighted by Crippen LogP contribution is -2.71. The van der Waals surface area contributed by atoms with Crippen molar-refractivity contribution in [2.45, 2.75) is 0 Å². The molecule has 0 radical (unpaired) electrons. The zero-order valence-corrected chi connectivity index (χ0v) is 5.84. The van der Waals surface area contributed by atoms with E-state index in [4.69, 9.17) is 0 Å². The normalized spacial score (nSPS) is 27.0. The van der Waals surface area contributed by atoms with Crippen LogP contribution in [-0.2, 0) is 0 Å². The van der Waals surface area contributed by atoms with Gasteiger partial charge in [0.15, 0.2) is 0 Å². The Morgan fingerprint density at radius 1 is 0.889 bits per heavy atom. The second-order valence-electron chi connectivity index (χ2n) is 1.89. The molecule has 6 heteroatoms. The fourth-order valence-electron chi connectivity index (χ4n) is 0.533. The van der Waals surface area contributed by atoms with Gasteiger partial charge in [-0.2, -0.15) is 26.8 Å². The van der Waals surface area contributed by atoms with Crippen molar-refractivity contribution >= 4 is 0 Å². The van der Waals surface area contributed by atoms with Crippen molar-refractivity contribution in [3.8, 4) is 0 Å². The Morgan fingerprint density at radius 2 is 1.33 bits per heavy atom. The largest absolute Gasteiger partial charge is 0.164 e. The van der Waals surface area contributed by atoms with E-state index in [9.17, 15) is 0 Å². The summed E-state index contributed by atoms with van der Waals surface area (Å²) in [4.78, 5) is 0. The third-order valence-corrected chi connectivity index (χ3v) is 1.30. The zero-order chi connectivity index (χ0) is 6.85. The van der Waals surface area contributed by atoms with Gasteiger partial charge >= 0.3 is 0 Å². The van der Waals surface area contributed by atoms with Crippen LogP contribution in [0, 0.1) is 0 Å². The van der Waals surface area contributed by atoms with Crippen molar-refractivity contribution in [3.63, 3.8) is 0 Å². The molecule has 1 fully saturated rings. The maximum absolute atomic E-state index is 2.82. The van der Waals surface area contributed by atoms with Crippen LogP contribution in [0.1, 0.15) is 0 Å². The van der Waals surface area contributed by atoms with Gasteiger partial charge in [-0.25, -0.2) is 0 Å². The highest BCUT2D eigenvalue weighted by Gasteiger charge is 2.14. The highest BCUT2D eigenvalue weighted by Crippen LogP contribution is 1.88. The molecule has 6 nitrogen and oxygen atoms in total. The van der Waals surface area contributed by atoms with E-state index >= 15 is 0 Å². The van der Waals surface area contributed by atoms with E-state index in [2.05, 4.69) is 16.6 Å². The van der Waals surface area contributed by atoms with Crippen LogP contribution in [0.4, 0.5) is 0 Å². The first-order chi connectivity index (χ1) is 4.22. The summed E-state index contributed by atoms with van der Waals surface area (Å²) in [6.07, 6.45) is 0. The van der Waals surface area contributed by atoms with Gasteiger partial charge in [0.05, 0.1) is 0 Å².